The van der Waals surface area contributed by atoms with E-state index in [1.807, 2.05) is 0 Å². The van der Waals surface area contributed by atoms with Gasteiger partial charge in [0.05, 0.1) is 11.5 Å². The van der Waals surface area contributed by atoms with Crippen molar-refractivity contribution in [2.24, 2.45) is 23.7 Å². The monoisotopic (exact) mass is 278 g/mol. The maximum Gasteiger partial charge on any atom is 0.391 e. The van der Waals surface area contributed by atoms with Gasteiger partial charge in [-0.25, -0.2) is 0 Å². The van der Waals surface area contributed by atoms with Crippen LogP contribution < -0.4 is 0 Å². The summed E-state index contributed by atoms with van der Waals surface area (Å²) in [5.74, 6) is 0.245. The lowest BCUT2D eigenvalue weighted by Crippen LogP contribution is -2.46. The molecule has 2 aliphatic carbocycles. The van der Waals surface area contributed by atoms with E-state index < -0.39 is 17.7 Å². The molecule has 0 bridgehead atoms. The van der Waals surface area contributed by atoms with Gasteiger partial charge >= 0.3 is 6.18 Å². The number of hydrogen-bond acceptors (Lipinski definition) is 1. The topological polar surface area (TPSA) is 20.2 Å². The van der Waals surface area contributed by atoms with E-state index in [9.17, 15) is 18.3 Å². The maximum absolute atomic E-state index is 12.7. The number of aliphatic hydroxyl groups is 1. The zero-order valence-electron chi connectivity index (χ0n) is 11.8. The third-order valence-corrected chi connectivity index (χ3v) is 5.67. The van der Waals surface area contributed by atoms with E-state index in [-0.39, 0.29) is 18.8 Å². The van der Waals surface area contributed by atoms with Gasteiger partial charge in [0.2, 0.25) is 0 Å². The lowest BCUT2D eigenvalue weighted by molar-refractivity contribution is -0.198. The SMILES string of the molecule is CC1CCC(C2(O)CCC(C(F)(F)F)CC2)CC1C. The van der Waals surface area contributed by atoms with Crippen molar-refractivity contribution >= 4 is 0 Å². The van der Waals surface area contributed by atoms with Gasteiger partial charge in [-0.2, -0.15) is 13.2 Å². The quantitative estimate of drug-likeness (QED) is 0.746. The van der Waals surface area contributed by atoms with E-state index in [0.29, 0.717) is 24.7 Å². The normalized spacial score (nSPS) is 45.2. The van der Waals surface area contributed by atoms with Gasteiger partial charge in [0.1, 0.15) is 0 Å². The van der Waals surface area contributed by atoms with Gasteiger partial charge in [-0.05, 0) is 56.3 Å². The Bertz CT molecular complexity index is 305. The molecule has 3 atom stereocenters. The number of rotatable bonds is 1. The second kappa shape index (κ2) is 5.27. The summed E-state index contributed by atoms with van der Waals surface area (Å²) >= 11 is 0. The first-order valence-corrected chi connectivity index (χ1v) is 7.51. The molecule has 0 radical (unpaired) electrons. The minimum atomic E-state index is -4.09. The smallest absolute Gasteiger partial charge is 0.390 e. The fourth-order valence-corrected chi connectivity index (χ4v) is 3.89. The fourth-order valence-electron chi connectivity index (χ4n) is 3.89. The molecule has 0 heterocycles. The van der Waals surface area contributed by atoms with Crippen molar-refractivity contribution < 1.29 is 18.3 Å². The average Bonchev–Trinajstić information content (AvgIpc) is 2.32. The van der Waals surface area contributed by atoms with Crippen molar-refractivity contribution in [3.05, 3.63) is 0 Å². The minimum Gasteiger partial charge on any atom is -0.390 e. The molecule has 0 aliphatic heterocycles. The molecule has 0 amide bonds. The third kappa shape index (κ3) is 3.26. The second-order valence-electron chi connectivity index (χ2n) is 6.88. The summed E-state index contributed by atoms with van der Waals surface area (Å²) in [5, 5.41) is 10.7. The van der Waals surface area contributed by atoms with Gasteiger partial charge in [-0.1, -0.05) is 20.3 Å². The van der Waals surface area contributed by atoms with E-state index in [0.717, 1.165) is 19.3 Å². The molecule has 0 aromatic heterocycles. The molecule has 2 rings (SSSR count). The van der Waals surface area contributed by atoms with Crippen molar-refractivity contribution in [1.29, 1.82) is 0 Å². The summed E-state index contributed by atoms with van der Waals surface area (Å²) in [7, 11) is 0. The predicted molar refractivity (Wildman–Crippen MR) is 68.6 cm³/mol. The summed E-state index contributed by atoms with van der Waals surface area (Å²) in [5.41, 5.74) is -0.837. The van der Waals surface area contributed by atoms with Gasteiger partial charge in [-0.3, -0.25) is 0 Å². The molecule has 0 aromatic rings. The van der Waals surface area contributed by atoms with E-state index in [4.69, 9.17) is 0 Å². The van der Waals surface area contributed by atoms with Crippen LogP contribution >= 0.6 is 0 Å². The molecule has 1 N–H and O–H groups in total. The van der Waals surface area contributed by atoms with Gasteiger partial charge in [0, 0.05) is 0 Å². The van der Waals surface area contributed by atoms with Crippen LogP contribution in [0.4, 0.5) is 13.2 Å². The molecule has 112 valence electrons. The van der Waals surface area contributed by atoms with Crippen molar-refractivity contribution in [3.8, 4) is 0 Å². The number of hydrogen-bond donors (Lipinski definition) is 1. The summed E-state index contributed by atoms with van der Waals surface area (Å²) < 4.78 is 38.0. The Hall–Kier alpha value is -0.250. The van der Waals surface area contributed by atoms with E-state index in [2.05, 4.69) is 13.8 Å². The standard InChI is InChI=1S/C15H25F3O/c1-10-3-4-13(9-11(10)2)14(19)7-5-12(6-8-14)15(16,17)18/h10-13,19H,3-9H2,1-2H3. The van der Waals surface area contributed by atoms with Crippen molar-refractivity contribution in [3.63, 3.8) is 0 Å². The highest BCUT2D eigenvalue weighted by molar-refractivity contribution is 4.95. The van der Waals surface area contributed by atoms with Crippen LogP contribution in [0.5, 0.6) is 0 Å². The van der Waals surface area contributed by atoms with Crippen LogP contribution in [0.1, 0.15) is 58.8 Å². The van der Waals surface area contributed by atoms with Crippen LogP contribution in [0.15, 0.2) is 0 Å². The Morgan fingerprint density at radius 3 is 2.00 bits per heavy atom. The first-order chi connectivity index (χ1) is 8.72. The molecule has 19 heavy (non-hydrogen) atoms. The Labute approximate surface area is 113 Å². The van der Waals surface area contributed by atoms with E-state index in [1.54, 1.807) is 0 Å². The van der Waals surface area contributed by atoms with Crippen LogP contribution in [-0.2, 0) is 0 Å². The zero-order chi connectivity index (χ0) is 14.3. The van der Waals surface area contributed by atoms with Gasteiger partial charge < -0.3 is 5.11 Å². The summed E-state index contributed by atoms with van der Waals surface area (Å²) in [6, 6.07) is 0. The third-order valence-electron chi connectivity index (χ3n) is 5.67. The van der Waals surface area contributed by atoms with Crippen molar-refractivity contribution in [1.82, 2.24) is 0 Å². The van der Waals surface area contributed by atoms with Crippen LogP contribution in [0.3, 0.4) is 0 Å². The number of halogens is 3. The molecule has 0 saturated heterocycles. The number of alkyl halides is 3. The van der Waals surface area contributed by atoms with Crippen LogP contribution in [0.2, 0.25) is 0 Å². The van der Waals surface area contributed by atoms with Crippen molar-refractivity contribution in [2.45, 2.75) is 70.6 Å². The molecular formula is C15H25F3O. The zero-order valence-corrected chi connectivity index (χ0v) is 11.8. The summed E-state index contributed by atoms with van der Waals surface area (Å²) in [6.45, 7) is 4.42. The predicted octanol–water partition coefficient (Wildman–Crippen LogP) is 4.54. The van der Waals surface area contributed by atoms with Gasteiger partial charge in [0.15, 0.2) is 0 Å². The fraction of sp³-hybridized carbons (Fsp3) is 1.00. The Balaban J connectivity index is 1.95. The highest BCUT2D eigenvalue weighted by Gasteiger charge is 2.48. The van der Waals surface area contributed by atoms with E-state index >= 15 is 0 Å². The lowest BCUT2D eigenvalue weighted by Gasteiger charge is -2.46. The van der Waals surface area contributed by atoms with Crippen LogP contribution in [0, 0.1) is 23.7 Å². The Morgan fingerprint density at radius 2 is 1.53 bits per heavy atom. The molecule has 1 nitrogen and oxygen atoms in total. The summed E-state index contributed by atoms with van der Waals surface area (Å²) in [4.78, 5) is 0. The highest BCUT2D eigenvalue weighted by atomic mass is 19.4. The lowest BCUT2D eigenvalue weighted by atomic mass is 9.64. The first-order valence-electron chi connectivity index (χ1n) is 7.51. The Kier molecular flexibility index (Phi) is 4.20. The molecule has 3 unspecified atom stereocenters. The first kappa shape index (κ1) is 15.1. The molecular weight excluding hydrogens is 253 g/mol. The van der Waals surface area contributed by atoms with Crippen LogP contribution in [-0.4, -0.2) is 16.9 Å². The molecule has 2 saturated carbocycles. The van der Waals surface area contributed by atoms with Crippen molar-refractivity contribution in [2.75, 3.05) is 0 Å². The largest absolute Gasteiger partial charge is 0.391 e. The maximum atomic E-state index is 12.7. The molecule has 2 aliphatic rings. The summed E-state index contributed by atoms with van der Waals surface area (Å²) in [6.07, 6.45) is -0.216. The minimum absolute atomic E-state index is 0.0977. The average molecular weight is 278 g/mol. The van der Waals surface area contributed by atoms with Crippen LogP contribution in [0.25, 0.3) is 0 Å². The molecule has 4 heteroatoms. The van der Waals surface area contributed by atoms with Gasteiger partial charge in [-0.15, -0.1) is 0 Å². The van der Waals surface area contributed by atoms with E-state index in [1.165, 1.54) is 0 Å². The van der Waals surface area contributed by atoms with Gasteiger partial charge in [0.25, 0.3) is 0 Å². The molecule has 2 fully saturated rings. The molecule has 0 spiro atoms. The second-order valence-corrected chi connectivity index (χ2v) is 6.88. The molecule has 0 aromatic carbocycles. The highest BCUT2D eigenvalue weighted by Crippen LogP contribution is 2.48. The Morgan fingerprint density at radius 1 is 0.947 bits per heavy atom.